The third kappa shape index (κ3) is 5.10. The van der Waals surface area contributed by atoms with E-state index in [1.165, 1.54) is 12.7 Å². The Morgan fingerprint density at radius 2 is 1.88 bits per heavy atom. The van der Waals surface area contributed by atoms with Crippen molar-refractivity contribution in [3.05, 3.63) is 36.2 Å². The van der Waals surface area contributed by atoms with Gasteiger partial charge in [-0.05, 0) is 50.5 Å². The largest absolute Gasteiger partial charge is 0.505 e. The van der Waals surface area contributed by atoms with Gasteiger partial charge >= 0.3 is 0 Å². The summed E-state index contributed by atoms with van der Waals surface area (Å²) in [4.78, 5) is 23.0. The molecular formula is C30H42N8O4. The lowest BCUT2D eigenvalue weighted by molar-refractivity contribution is -0.0620. The number of aliphatic hydroxyl groups excluding tert-OH is 2. The molecule has 6 N–H and O–H groups in total. The number of nitrogens with one attached hydrogen (secondary N) is 1. The van der Waals surface area contributed by atoms with Gasteiger partial charge in [0.05, 0.1) is 11.8 Å². The Labute approximate surface area is 245 Å². The SMILES string of the molecule is CC(C)N(C[C@H]1O[C@@H](n2cnc3c(N)ncnc32)[C@H](O)[C@@H]1O)[C@H]1C[C@@H](CCc2nc3c(O)c(C(C)(C)C)ccc3[nH]2)C1. The summed E-state index contributed by atoms with van der Waals surface area (Å²) in [6.07, 6.45) is 3.23. The molecule has 0 spiro atoms. The van der Waals surface area contributed by atoms with Crippen LogP contribution in [0.3, 0.4) is 0 Å². The Kier molecular flexibility index (Phi) is 7.37. The average molecular weight is 579 g/mol. The number of nitrogen functional groups attached to an aromatic ring is 1. The van der Waals surface area contributed by atoms with E-state index < -0.39 is 24.5 Å². The summed E-state index contributed by atoms with van der Waals surface area (Å²) in [6.45, 7) is 11.1. The van der Waals surface area contributed by atoms with Gasteiger partial charge in [0.15, 0.2) is 17.7 Å². The van der Waals surface area contributed by atoms with Crippen molar-refractivity contribution in [3.8, 4) is 5.75 Å². The molecule has 4 heterocycles. The standard InChI is InChI=1S/C30H42N8O4/c1-15(2)37(12-20-25(40)26(41)29(42-20)38-14-34-23-27(31)32-13-33-28(23)38)17-10-16(11-17)6-9-21-35-19-8-7-18(30(3,4)5)24(39)22(19)36-21/h7-8,13-17,20,25-26,29,39-41H,6,9-12H2,1-5H3,(H,35,36)(H2,31,32,33)/t16-,17+,20-,25-,26-,29-/m1/s1. The van der Waals surface area contributed by atoms with Gasteiger partial charge < -0.3 is 30.8 Å². The van der Waals surface area contributed by atoms with Gasteiger partial charge in [0.25, 0.3) is 0 Å². The van der Waals surface area contributed by atoms with E-state index in [1.54, 1.807) is 4.57 Å². The summed E-state index contributed by atoms with van der Waals surface area (Å²) in [5, 5.41) is 32.6. The van der Waals surface area contributed by atoms with Crippen LogP contribution >= 0.6 is 0 Å². The fourth-order valence-electron chi connectivity index (χ4n) is 6.54. The second-order valence-corrected chi connectivity index (χ2v) is 13.2. The van der Waals surface area contributed by atoms with Crippen LogP contribution in [0.4, 0.5) is 5.82 Å². The van der Waals surface area contributed by atoms with Gasteiger partial charge in [0, 0.05) is 30.6 Å². The lowest BCUT2D eigenvalue weighted by Gasteiger charge is -2.46. The summed E-state index contributed by atoms with van der Waals surface area (Å²) < 4.78 is 7.84. The second-order valence-electron chi connectivity index (χ2n) is 13.2. The molecule has 12 nitrogen and oxygen atoms in total. The molecule has 42 heavy (non-hydrogen) atoms. The number of aryl methyl sites for hydroxylation is 1. The molecule has 1 aromatic carbocycles. The zero-order valence-electron chi connectivity index (χ0n) is 24.9. The predicted molar refractivity (Wildman–Crippen MR) is 159 cm³/mol. The van der Waals surface area contributed by atoms with Crippen LogP contribution in [-0.2, 0) is 16.6 Å². The third-order valence-electron chi connectivity index (χ3n) is 9.01. The molecule has 1 aliphatic carbocycles. The van der Waals surface area contributed by atoms with E-state index in [2.05, 4.69) is 59.5 Å². The number of nitrogens with two attached hydrogens (primary N) is 1. The van der Waals surface area contributed by atoms with Crippen molar-refractivity contribution in [1.29, 1.82) is 0 Å². The van der Waals surface area contributed by atoms with Gasteiger partial charge in [-0.3, -0.25) is 9.47 Å². The number of aromatic nitrogens is 6. The van der Waals surface area contributed by atoms with Crippen LogP contribution in [0.1, 0.15) is 71.5 Å². The molecule has 3 aromatic heterocycles. The number of aliphatic hydroxyl groups is 2. The number of imidazole rings is 2. The van der Waals surface area contributed by atoms with Crippen molar-refractivity contribution in [2.45, 2.75) is 102 Å². The van der Waals surface area contributed by atoms with E-state index in [4.69, 9.17) is 15.5 Å². The van der Waals surface area contributed by atoms with Crippen LogP contribution in [0.5, 0.6) is 5.75 Å². The van der Waals surface area contributed by atoms with Gasteiger partial charge in [-0.25, -0.2) is 19.9 Å². The minimum absolute atomic E-state index is 0.156. The fourth-order valence-corrected chi connectivity index (χ4v) is 6.54. The van der Waals surface area contributed by atoms with Crippen LogP contribution < -0.4 is 5.73 Å². The topological polar surface area (TPSA) is 171 Å². The number of anilines is 1. The summed E-state index contributed by atoms with van der Waals surface area (Å²) in [5.41, 5.74) is 9.06. The highest BCUT2D eigenvalue weighted by molar-refractivity contribution is 5.83. The van der Waals surface area contributed by atoms with Crippen molar-refractivity contribution in [2.75, 3.05) is 12.3 Å². The summed E-state index contributed by atoms with van der Waals surface area (Å²) in [6, 6.07) is 4.61. The van der Waals surface area contributed by atoms with Crippen molar-refractivity contribution >= 4 is 28.0 Å². The number of nitrogens with zero attached hydrogens (tertiary/aromatic N) is 6. The molecule has 0 radical (unpaired) electrons. The van der Waals surface area contributed by atoms with Gasteiger partial charge in [0.1, 0.15) is 47.2 Å². The second kappa shape index (κ2) is 10.7. The molecular weight excluding hydrogens is 536 g/mol. The van der Waals surface area contributed by atoms with E-state index in [1.807, 2.05) is 12.1 Å². The maximum atomic E-state index is 10.9. The highest BCUT2D eigenvalue weighted by Gasteiger charge is 2.46. The number of aromatic amines is 1. The number of ether oxygens (including phenoxy) is 1. The van der Waals surface area contributed by atoms with Gasteiger partial charge in [0.2, 0.25) is 0 Å². The first-order chi connectivity index (χ1) is 19.9. The molecule has 4 aromatic rings. The smallest absolute Gasteiger partial charge is 0.167 e. The van der Waals surface area contributed by atoms with Crippen LogP contribution in [0.25, 0.3) is 22.2 Å². The lowest BCUT2D eigenvalue weighted by Crippen LogP contribution is -2.52. The number of aromatic hydroxyl groups is 1. The van der Waals surface area contributed by atoms with E-state index in [9.17, 15) is 15.3 Å². The first-order valence-electron chi connectivity index (χ1n) is 14.8. The molecule has 1 saturated heterocycles. The number of hydrogen-bond acceptors (Lipinski definition) is 10. The highest BCUT2D eigenvalue weighted by atomic mass is 16.6. The predicted octanol–water partition coefficient (Wildman–Crippen LogP) is 3.03. The molecule has 2 fully saturated rings. The quantitative estimate of drug-likeness (QED) is 0.209. The number of H-pyrrole nitrogens is 1. The van der Waals surface area contributed by atoms with Crippen LogP contribution in [0.2, 0.25) is 0 Å². The van der Waals surface area contributed by atoms with E-state index >= 15 is 0 Å². The number of fused-ring (bicyclic) bond motifs is 2. The molecule has 0 bridgehead atoms. The number of hydrogen-bond donors (Lipinski definition) is 5. The maximum Gasteiger partial charge on any atom is 0.167 e. The molecule has 6 rings (SSSR count). The molecule has 0 amide bonds. The molecule has 2 aliphatic rings. The first-order valence-corrected chi connectivity index (χ1v) is 14.8. The zero-order chi connectivity index (χ0) is 29.9. The Bertz CT molecular complexity index is 1570. The Morgan fingerprint density at radius 1 is 1.12 bits per heavy atom. The van der Waals surface area contributed by atoms with Crippen LogP contribution in [0, 0.1) is 5.92 Å². The Hall–Kier alpha value is -3.32. The fraction of sp³-hybridized carbons (Fsp3) is 0.600. The van der Waals surface area contributed by atoms with Crippen molar-refractivity contribution in [1.82, 2.24) is 34.4 Å². The van der Waals surface area contributed by atoms with Gasteiger partial charge in [-0.15, -0.1) is 0 Å². The van der Waals surface area contributed by atoms with Crippen molar-refractivity contribution < 1.29 is 20.1 Å². The van der Waals surface area contributed by atoms with E-state index in [0.29, 0.717) is 35.2 Å². The molecule has 12 heteroatoms. The molecule has 226 valence electrons. The van der Waals surface area contributed by atoms with Crippen LogP contribution in [0.15, 0.2) is 24.8 Å². The average Bonchev–Trinajstić information content (AvgIpc) is 3.59. The van der Waals surface area contributed by atoms with Crippen LogP contribution in [-0.4, -0.2) is 86.6 Å². The lowest BCUT2D eigenvalue weighted by atomic mass is 9.76. The summed E-state index contributed by atoms with van der Waals surface area (Å²) in [5.74, 6) is 1.98. The molecule has 1 saturated carbocycles. The van der Waals surface area contributed by atoms with Gasteiger partial charge in [-0.1, -0.05) is 26.8 Å². The normalized spacial score (nSPS) is 26.6. The number of phenols is 1. The first kappa shape index (κ1) is 28.8. The van der Waals surface area contributed by atoms with E-state index in [-0.39, 0.29) is 23.0 Å². The molecule has 0 unspecified atom stereocenters. The van der Waals surface area contributed by atoms with Crippen molar-refractivity contribution in [2.24, 2.45) is 5.92 Å². The zero-order valence-corrected chi connectivity index (χ0v) is 24.9. The van der Waals surface area contributed by atoms with Crippen molar-refractivity contribution in [3.63, 3.8) is 0 Å². The Morgan fingerprint density at radius 3 is 2.60 bits per heavy atom. The monoisotopic (exact) mass is 578 g/mol. The number of rotatable bonds is 8. The van der Waals surface area contributed by atoms with E-state index in [0.717, 1.165) is 42.6 Å². The highest BCUT2D eigenvalue weighted by Crippen LogP contribution is 2.39. The molecule has 1 aliphatic heterocycles. The Balaban J connectivity index is 1.07. The van der Waals surface area contributed by atoms with Gasteiger partial charge in [-0.2, -0.15) is 0 Å². The third-order valence-corrected chi connectivity index (χ3v) is 9.01. The minimum atomic E-state index is -1.13. The summed E-state index contributed by atoms with van der Waals surface area (Å²) in [7, 11) is 0. The molecule has 4 atom stereocenters. The number of benzene rings is 1. The maximum absolute atomic E-state index is 10.9. The number of phenolic OH excluding ortho intramolecular Hbond substituents is 1. The summed E-state index contributed by atoms with van der Waals surface area (Å²) >= 11 is 0. The minimum Gasteiger partial charge on any atom is -0.505 e.